The van der Waals surface area contributed by atoms with E-state index >= 15 is 0 Å². The lowest BCUT2D eigenvalue weighted by molar-refractivity contribution is -0.158. The van der Waals surface area contributed by atoms with Crippen LogP contribution in [0.15, 0.2) is 24.9 Å². The quantitative estimate of drug-likeness (QED) is 0.760. The van der Waals surface area contributed by atoms with Crippen LogP contribution in [0.25, 0.3) is 11.1 Å². The van der Waals surface area contributed by atoms with Crippen molar-refractivity contribution in [1.82, 2.24) is 24.8 Å². The Morgan fingerprint density at radius 1 is 1.29 bits per heavy atom. The molecule has 9 heteroatoms. The lowest BCUT2D eigenvalue weighted by Crippen LogP contribution is -2.51. The molecule has 3 rings (SSSR count). The van der Waals surface area contributed by atoms with Crippen molar-refractivity contribution in [1.29, 1.82) is 0 Å². The molecule has 2 aromatic heterocycles. The van der Waals surface area contributed by atoms with E-state index in [-0.39, 0.29) is 12.0 Å². The van der Waals surface area contributed by atoms with Gasteiger partial charge in [0.25, 0.3) is 5.91 Å². The van der Waals surface area contributed by atoms with E-state index in [0.717, 1.165) is 11.1 Å². The van der Waals surface area contributed by atoms with Crippen molar-refractivity contribution in [2.75, 3.05) is 45.8 Å². The second kappa shape index (κ2) is 8.15. The van der Waals surface area contributed by atoms with Gasteiger partial charge in [0.1, 0.15) is 18.0 Å². The van der Waals surface area contributed by atoms with Gasteiger partial charge >= 0.3 is 0 Å². The Labute approximate surface area is 164 Å². The number of anilines is 1. The number of ether oxygens (including phenoxy) is 2. The summed E-state index contributed by atoms with van der Waals surface area (Å²) in [4.78, 5) is 33.8. The maximum Gasteiger partial charge on any atom is 0.254 e. The van der Waals surface area contributed by atoms with E-state index < -0.39 is 5.60 Å². The monoisotopic (exact) mass is 386 g/mol. The van der Waals surface area contributed by atoms with Crippen molar-refractivity contribution in [3.63, 3.8) is 0 Å². The summed E-state index contributed by atoms with van der Waals surface area (Å²) in [5, 5.41) is 0. The number of aromatic nitrogens is 4. The molecule has 28 heavy (non-hydrogen) atoms. The Bertz CT molecular complexity index is 828. The molecule has 0 saturated carbocycles. The highest BCUT2D eigenvalue weighted by Crippen LogP contribution is 2.31. The van der Waals surface area contributed by atoms with Crippen LogP contribution in [0.4, 0.5) is 5.95 Å². The molecule has 0 radical (unpaired) electrons. The number of carbonyl (C=O) groups is 1. The molecular formula is C19H26N6O3. The molecule has 0 unspecified atom stereocenters. The van der Waals surface area contributed by atoms with Gasteiger partial charge < -0.3 is 19.3 Å². The van der Waals surface area contributed by atoms with Crippen LogP contribution in [0.5, 0.6) is 0 Å². The molecule has 0 bridgehead atoms. The van der Waals surface area contributed by atoms with Gasteiger partial charge in [-0.3, -0.25) is 4.79 Å². The van der Waals surface area contributed by atoms with Gasteiger partial charge in [-0.2, -0.15) is 0 Å². The van der Waals surface area contributed by atoms with Crippen LogP contribution < -0.4 is 4.90 Å². The summed E-state index contributed by atoms with van der Waals surface area (Å²) in [6.45, 7) is 4.85. The van der Waals surface area contributed by atoms with Crippen molar-refractivity contribution in [3.8, 4) is 11.1 Å². The summed E-state index contributed by atoms with van der Waals surface area (Å²) in [7, 11) is 5.29. The van der Waals surface area contributed by atoms with E-state index in [1.807, 2.05) is 19.0 Å². The molecule has 9 nitrogen and oxygen atoms in total. The second-order valence-electron chi connectivity index (χ2n) is 7.32. The maximum absolute atomic E-state index is 12.8. The summed E-state index contributed by atoms with van der Waals surface area (Å²) in [6.07, 6.45) is 6.26. The molecule has 0 aliphatic carbocycles. The lowest BCUT2D eigenvalue weighted by Gasteiger charge is -2.37. The molecule has 1 aliphatic rings. The SMILES string of the molecule is COC(C)(C)C(=O)N1CCO[C@@H](c2nc(N(C)C)ncc2-c2cncnc2)C1. The fourth-order valence-electron chi connectivity index (χ4n) is 2.97. The lowest BCUT2D eigenvalue weighted by atomic mass is 10.0. The number of hydrogen-bond donors (Lipinski definition) is 0. The molecule has 0 N–H and O–H groups in total. The van der Waals surface area contributed by atoms with Crippen molar-refractivity contribution < 1.29 is 14.3 Å². The van der Waals surface area contributed by atoms with Crippen molar-refractivity contribution in [2.24, 2.45) is 0 Å². The molecule has 150 valence electrons. The number of rotatable bonds is 5. The number of nitrogens with zero attached hydrogens (tertiary/aromatic N) is 6. The number of amides is 1. The smallest absolute Gasteiger partial charge is 0.254 e. The van der Waals surface area contributed by atoms with Gasteiger partial charge in [0, 0.05) is 57.5 Å². The Morgan fingerprint density at radius 2 is 2.00 bits per heavy atom. The Balaban J connectivity index is 1.97. The van der Waals surface area contributed by atoms with E-state index in [1.165, 1.54) is 13.4 Å². The Hall–Kier alpha value is -2.65. The summed E-state index contributed by atoms with van der Waals surface area (Å²) in [5.41, 5.74) is 1.41. The minimum Gasteiger partial charge on any atom is -0.369 e. The van der Waals surface area contributed by atoms with Crippen molar-refractivity contribution in [2.45, 2.75) is 25.6 Å². The zero-order valence-corrected chi connectivity index (χ0v) is 16.9. The number of methoxy groups -OCH3 is 1. The van der Waals surface area contributed by atoms with Gasteiger partial charge in [-0.05, 0) is 13.8 Å². The normalized spacial score (nSPS) is 17.5. The number of carbonyl (C=O) groups excluding carboxylic acids is 1. The molecule has 1 saturated heterocycles. The molecule has 3 heterocycles. The largest absolute Gasteiger partial charge is 0.369 e. The Morgan fingerprint density at radius 3 is 2.64 bits per heavy atom. The van der Waals surface area contributed by atoms with Crippen molar-refractivity contribution >= 4 is 11.9 Å². The highest BCUT2D eigenvalue weighted by atomic mass is 16.5. The van der Waals surface area contributed by atoms with Crippen LogP contribution in [0.1, 0.15) is 25.6 Å². The summed E-state index contributed by atoms with van der Waals surface area (Å²) < 4.78 is 11.4. The Kier molecular flexibility index (Phi) is 5.85. The van der Waals surface area contributed by atoms with Gasteiger partial charge in [0.15, 0.2) is 0 Å². The van der Waals surface area contributed by atoms with Crippen molar-refractivity contribution in [3.05, 3.63) is 30.6 Å². The van der Waals surface area contributed by atoms with Crippen LogP contribution in [-0.4, -0.2) is 77.2 Å². The third kappa shape index (κ3) is 4.10. The topological polar surface area (TPSA) is 93.6 Å². The average Bonchev–Trinajstić information content (AvgIpc) is 2.73. The number of morpholine rings is 1. The summed E-state index contributed by atoms with van der Waals surface area (Å²) in [5.74, 6) is 0.495. The van der Waals surface area contributed by atoms with Gasteiger partial charge in [0.2, 0.25) is 5.95 Å². The maximum atomic E-state index is 12.8. The third-order valence-corrected chi connectivity index (χ3v) is 4.76. The van der Waals surface area contributed by atoms with Crippen LogP contribution >= 0.6 is 0 Å². The predicted molar refractivity (Wildman–Crippen MR) is 104 cm³/mol. The summed E-state index contributed by atoms with van der Waals surface area (Å²) in [6, 6.07) is 0. The third-order valence-electron chi connectivity index (χ3n) is 4.76. The molecule has 0 spiro atoms. The first-order chi connectivity index (χ1) is 13.3. The van der Waals surface area contributed by atoms with Crippen LogP contribution in [0.3, 0.4) is 0 Å². The fourth-order valence-corrected chi connectivity index (χ4v) is 2.97. The standard InChI is InChI=1S/C19H26N6O3/c1-19(2,27-5)17(26)25-6-7-28-15(11-25)16-14(13-8-20-12-21-9-13)10-22-18(23-16)24(3)4/h8-10,12,15H,6-7,11H2,1-5H3/t15-/m1/s1. The molecule has 1 aliphatic heterocycles. The zero-order valence-electron chi connectivity index (χ0n) is 16.9. The van der Waals surface area contributed by atoms with Gasteiger partial charge in [-0.1, -0.05) is 0 Å². The van der Waals surface area contributed by atoms with Crippen LogP contribution in [0, 0.1) is 0 Å². The molecule has 1 atom stereocenters. The average molecular weight is 386 g/mol. The fraction of sp³-hybridized carbons (Fsp3) is 0.526. The van der Waals surface area contributed by atoms with E-state index in [4.69, 9.17) is 14.5 Å². The minimum absolute atomic E-state index is 0.0743. The van der Waals surface area contributed by atoms with E-state index in [1.54, 1.807) is 37.3 Å². The zero-order chi connectivity index (χ0) is 20.3. The number of hydrogen-bond acceptors (Lipinski definition) is 8. The van der Waals surface area contributed by atoms with E-state index in [2.05, 4.69) is 15.0 Å². The first kappa shape index (κ1) is 20.1. The molecular weight excluding hydrogens is 360 g/mol. The first-order valence-corrected chi connectivity index (χ1v) is 9.09. The van der Waals surface area contributed by atoms with Gasteiger partial charge in [-0.25, -0.2) is 19.9 Å². The van der Waals surface area contributed by atoms with E-state index in [0.29, 0.717) is 31.3 Å². The van der Waals surface area contributed by atoms with Gasteiger partial charge in [0.05, 0.1) is 18.8 Å². The van der Waals surface area contributed by atoms with Gasteiger partial charge in [-0.15, -0.1) is 0 Å². The first-order valence-electron chi connectivity index (χ1n) is 9.09. The molecule has 0 aromatic carbocycles. The minimum atomic E-state index is -0.890. The molecule has 1 amide bonds. The van der Waals surface area contributed by atoms with Crippen LogP contribution in [-0.2, 0) is 14.3 Å². The van der Waals surface area contributed by atoms with Crippen LogP contribution in [0.2, 0.25) is 0 Å². The molecule has 2 aromatic rings. The second-order valence-corrected chi connectivity index (χ2v) is 7.32. The summed E-state index contributed by atoms with van der Waals surface area (Å²) >= 11 is 0. The highest BCUT2D eigenvalue weighted by Gasteiger charge is 2.36. The predicted octanol–water partition coefficient (Wildman–Crippen LogP) is 1.32. The highest BCUT2D eigenvalue weighted by molar-refractivity contribution is 5.84. The van der Waals surface area contributed by atoms with E-state index in [9.17, 15) is 4.79 Å². The molecule has 1 fully saturated rings.